The Morgan fingerprint density at radius 3 is 2.35 bits per heavy atom. The van der Waals surface area contributed by atoms with E-state index in [2.05, 4.69) is 5.32 Å². The van der Waals surface area contributed by atoms with Crippen LogP contribution in [0.3, 0.4) is 0 Å². The predicted molar refractivity (Wildman–Crippen MR) is 85.2 cm³/mol. The van der Waals surface area contributed by atoms with Gasteiger partial charge in [-0.1, -0.05) is 30.3 Å². The van der Waals surface area contributed by atoms with Gasteiger partial charge in [-0.15, -0.1) is 0 Å². The molecular formula is C17H17NO5. The van der Waals surface area contributed by atoms with E-state index in [1.54, 1.807) is 0 Å². The number of hydrogen-bond donors (Lipinski definition) is 1. The van der Waals surface area contributed by atoms with Crippen molar-refractivity contribution in [1.29, 1.82) is 0 Å². The lowest BCUT2D eigenvalue weighted by molar-refractivity contribution is 0.112. The molecule has 0 saturated heterocycles. The van der Waals surface area contributed by atoms with Crippen LogP contribution in [0.25, 0.3) is 0 Å². The number of aldehydes is 1. The Bertz CT molecular complexity index is 685. The second kappa shape index (κ2) is 7.84. The van der Waals surface area contributed by atoms with Crippen LogP contribution in [-0.2, 0) is 11.3 Å². The molecule has 0 fully saturated rings. The number of rotatable bonds is 6. The molecular weight excluding hydrogens is 298 g/mol. The summed E-state index contributed by atoms with van der Waals surface area (Å²) < 4.78 is 15.4. The number of hydrogen-bond acceptors (Lipinski definition) is 5. The van der Waals surface area contributed by atoms with Crippen molar-refractivity contribution in [3.8, 4) is 11.5 Å². The van der Waals surface area contributed by atoms with Gasteiger partial charge in [0.2, 0.25) is 0 Å². The van der Waals surface area contributed by atoms with Crippen LogP contribution in [0.4, 0.5) is 10.5 Å². The minimum Gasteiger partial charge on any atom is -0.493 e. The van der Waals surface area contributed by atoms with Gasteiger partial charge >= 0.3 is 6.09 Å². The first kappa shape index (κ1) is 16.4. The van der Waals surface area contributed by atoms with Crippen LogP contribution < -0.4 is 14.8 Å². The molecule has 0 unspecified atom stereocenters. The maximum Gasteiger partial charge on any atom is 0.411 e. The third-order valence-electron chi connectivity index (χ3n) is 3.13. The standard InChI is InChI=1S/C17H17NO5/c1-21-15-8-13(10-19)14(9-16(15)22-2)18-17(20)23-11-12-6-4-3-5-7-12/h3-10H,11H2,1-2H3,(H,18,20). The number of methoxy groups -OCH3 is 2. The van der Waals surface area contributed by atoms with Gasteiger partial charge < -0.3 is 14.2 Å². The van der Waals surface area contributed by atoms with E-state index in [1.807, 2.05) is 30.3 Å². The molecule has 0 aromatic heterocycles. The summed E-state index contributed by atoms with van der Waals surface area (Å²) in [5.41, 5.74) is 1.42. The first-order valence-electron chi connectivity index (χ1n) is 6.86. The van der Waals surface area contributed by atoms with Crippen LogP contribution in [0, 0.1) is 0 Å². The monoisotopic (exact) mass is 315 g/mol. The van der Waals surface area contributed by atoms with Gasteiger partial charge in [0.15, 0.2) is 17.8 Å². The summed E-state index contributed by atoms with van der Waals surface area (Å²) in [6.45, 7) is 0.135. The molecule has 2 aromatic rings. The first-order valence-corrected chi connectivity index (χ1v) is 6.86. The lowest BCUT2D eigenvalue weighted by atomic mass is 10.1. The molecule has 0 aliphatic carbocycles. The summed E-state index contributed by atoms with van der Waals surface area (Å²) in [5, 5.41) is 2.53. The summed E-state index contributed by atoms with van der Waals surface area (Å²) in [7, 11) is 2.93. The third kappa shape index (κ3) is 4.23. The number of anilines is 1. The lowest BCUT2D eigenvalue weighted by Crippen LogP contribution is -2.15. The number of carbonyl (C=O) groups is 2. The van der Waals surface area contributed by atoms with Crippen molar-refractivity contribution in [3.05, 3.63) is 53.6 Å². The normalized spacial score (nSPS) is 9.83. The SMILES string of the molecule is COc1cc(C=O)c(NC(=O)OCc2ccccc2)cc1OC. The van der Waals surface area contributed by atoms with Crippen LogP contribution in [0.2, 0.25) is 0 Å². The molecule has 0 spiro atoms. The van der Waals surface area contributed by atoms with Crippen molar-refractivity contribution < 1.29 is 23.8 Å². The molecule has 2 aromatic carbocycles. The molecule has 0 aliphatic rings. The number of ether oxygens (including phenoxy) is 3. The molecule has 0 radical (unpaired) electrons. The zero-order valence-corrected chi connectivity index (χ0v) is 12.9. The predicted octanol–water partition coefficient (Wildman–Crippen LogP) is 3.27. The molecule has 0 aliphatic heterocycles. The van der Waals surface area contributed by atoms with Gasteiger partial charge in [0.25, 0.3) is 0 Å². The van der Waals surface area contributed by atoms with Gasteiger partial charge in [-0.2, -0.15) is 0 Å². The van der Waals surface area contributed by atoms with Gasteiger partial charge in [0.1, 0.15) is 6.61 Å². The number of carbonyl (C=O) groups excluding carboxylic acids is 2. The van der Waals surface area contributed by atoms with E-state index in [4.69, 9.17) is 14.2 Å². The van der Waals surface area contributed by atoms with Crippen LogP contribution in [0.15, 0.2) is 42.5 Å². The molecule has 0 atom stereocenters. The van der Waals surface area contributed by atoms with Gasteiger partial charge in [0.05, 0.1) is 19.9 Å². The molecule has 6 nitrogen and oxygen atoms in total. The second-order valence-electron chi connectivity index (χ2n) is 4.60. The molecule has 120 valence electrons. The highest BCUT2D eigenvalue weighted by molar-refractivity contribution is 5.94. The van der Waals surface area contributed by atoms with Crippen molar-refractivity contribution in [3.63, 3.8) is 0 Å². The maximum absolute atomic E-state index is 11.9. The molecule has 6 heteroatoms. The van der Waals surface area contributed by atoms with Crippen LogP contribution in [-0.4, -0.2) is 26.6 Å². The zero-order chi connectivity index (χ0) is 16.7. The minimum atomic E-state index is -0.663. The summed E-state index contributed by atoms with van der Waals surface area (Å²) in [6.07, 6.45) is -0.0430. The number of nitrogens with one attached hydrogen (secondary N) is 1. The highest BCUT2D eigenvalue weighted by Gasteiger charge is 2.13. The summed E-state index contributed by atoms with van der Waals surface area (Å²) in [4.78, 5) is 23.1. The molecule has 0 heterocycles. The number of benzene rings is 2. The van der Waals surface area contributed by atoms with Crippen LogP contribution in [0.5, 0.6) is 11.5 Å². The van der Waals surface area contributed by atoms with E-state index in [-0.39, 0.29) is 17.9 Å². The Morgan fingerprint density at radius 2 is 1.74 bits per heavy atom. The average Bonchev–Trinajstić information content (AvgIpc) is 2.60. The van der Waals surface area contributed by atoms with Crippen molar-refractivity contribution >= 4 is 18.1 Å². The van der Waals surface area contributed by atoms with Crippen molar-refractivity contribution in [2.45, 2.75) is 6.61 Å². The Kier molecular flexibility index (Phi) is 5.57. The van der Waals surface area contributed by atoms with E-state index in [1.165, 1.54) is 26.4 Å². The van der Waals surface area contributed by atoms with E-state index in [9.17, 15) is 9.59 Å². The fourth-order valence-corrected chi connectivity index (χ4v) is 1.97. The fraction of sp³-hybridized carbons (Fsp3) is 0.176. The Balaban J connectivity index is 2.09. The highest BCUT2D eigenvalue weighted by atomic mass is 16.5. The molecule has 2 rings (SSSR count). The maximum atomic E-state index is 11.9. The fourth-order valence-electron chi connectivity index (χ4n) is 1.97. The van der Waals surface area contributed by atoms with Gasteiger partial charge in [-0.3, -0.25) is 10.1 Å². The first-order chi connectivity index (χ1) is 11.2. The molecule has 23 heavy (non-hydrogen) atoms. The van der Waals surface area contributed by atoms with Crippen molar-refractivity contribution in [1.82, 2.24) is 0 Å². The topological polar surface area (TPSA) is 73.9 Å². The zero-order valence-electron chi connectivity index (χ0n) is 12.9. The molecule has 1 amide bonds. The Labute approximate surface area is 134 Å². The summed E-state index contributed by atoms with van der Waals surface area (Å²) >= 11 is 0. The van der Waals surface area contributed by atoms with Gasteiger partial charge in [0, 0.05) is 11.6 Å². The van der Waals surface area contributed by atoms with E-state index in [0.717, 1.165) is 5.56 Å². The molecule has 0 bridgehead atoms. The third-order valence-corrected chi connectivity index (χ3v) is 3.13. The summed E-state index contributed by atoms with van der Waals surface area (Å²) in [5.74, 6) is 0.800. The van der Waals surface area contributed by atoms with Crippen molar-refractivity contribution in [2.24, 2.45) is 0 Å². The second-order valence-corrected chi connectivity index (χ2v) is 4.60. The van der Waals surface area contributed by atoms with Gasteiger partial charge in [-0.05, 0) is 11.6 Å². The van der Waals surface area contributed by atoms with E-state index in [0.29, 0.717) is 17.8 Å². The lowest BCUT2D eigenvalue weighted by Gasteiger charge is -2.13. The van der Waals surface area contributed by atoms with Crippen LogP contribution in [0.1, 0.15) is 15.9 Å². The Morgan fingerprint density at radius 1 is 1.09 bits per heavy atom. The smallest absolute Gasteiger partial charge is 0.411 e. The Hall–Kier alpha value is -3.02. The number of amides is 1. The quantitative estimate of drug-likeness (QED) is 0.828. The van der Waals surface area contributed by atoms with Crippen LogP contribution >= 0.6 is 0 Å². The van der Waals surface area contributed by atoms with Gasteiger partial charge in [-0.25, -0.2) is 4.79 Å². The largest absolute Gasteiger partial charge is 0.493 e. The minimum absolute atomic E-state index is 0.135. The van der Waals surface area contributed by atoms with Crippen molar-refractivity contribution in [2.75, 3.05) is 19.5 Å². The van der Waals surface area contributed by atoms with E-state index < -0.39 is 6.09 Å². The summed E-state index contributed by atoms with van der Waals surface area (Å²) in [6, 6.07) is 12.3. The molecule has 0 saturated carbocycles. The highest BCUT2D eigenvalue weighted by Crippen LogP contribution is 2.32. The van der Waals surface area contributed by atoms with E-state index >= 15 is 0 Å². The molecule has 1 N–H and O–H groups in total. The average molecular weight is 315 g/mol.